The van der Waals surface area contributed by atoms with Crippen molar-refractivity contribution in [2.45, 2.75) is 0 Å². The summed E-state index contributed by atoms with van der Waals surface area (Å²) >= 11 is 0. The normalized spacial score (nSPS) is 12.3. The quantitative estimate of drug-likeness (QED) is 0.168. The molecule has 14 aromatic rings. The number of fused-ring (bicyclic) bond motifs is 19. The average Bonchev–Trinajstić information content (AvgIpc) is 4.00. The summed E-state index contributed by atoms with van der Waals surface area (Å²) in [5.41, 5.74) is 9.28. The molecule has 61 heavy (non-hydrogen) atoms. The number of hydrogen-bond acceptors (Lipinski definition) is 3. The van der Waals surface area contributed by atoms with Crippen LogP contribution in [-0.4, -0.2) is 19.1 Å². The molecule has 0 spiro atoms. The highest BCUT2D eigenvalue weighted by atomic mass is 16.3. The van der Waals surface area contributed by atoms with Crippen LogP contribution in [0.1, 0.15) is 0 Å². The van der Waals surface area contributed by atoms with E-state index in [0.717, 1.165) is 60.9 Å². The number of nitrogens with zero attached hydrogens (tertiary/aromatic N) is 4. The molecule has 0 bridgehead atoms. The molecule has 4 heterocycles. The lowest BCUT2D eigenvalue weighted by molar-refractivity contribution is 0.669. The Morgan fingerprint density at radius 2 is 0.869 bits per heavy atom. The summed E-state index contributed by atoms with van der Waals surface area (Å²) in [6, 6.07) is 69.4. The van der Waals surface area contributed by atoms with Gasteiger partial charge >= 0.3 is 0 Å². The van der Waals surface area contributed by atoms with Gasteiger partial charge in [0.2, 0.25) is 0 Å². The third-order valence-electron chi connectivity index (χ3n) is 12.8. The topological polar surface area (TPSA) is 48.8 Å². The Balaban J connectivity index is 1.21. The van der Waals surface area contributed by atoms with Gasteiger partial charge in [0.05, 0.1) is 27.6 Å². The van der Waals surface area contributed by atoms with Gasteiger partial charge < -0.3 is 8.98 Å². The summed E-state index contributed by atoms with van der Waals surface area (Å²) in [5.74, 6) is 1.51. The Bertz CT molecular complexity index is 4170. The van der Waals surface area contributed by atoms with Crippen molar-refractivity contribution in [2.24, 2.45) is 0 Å². The van der Waals surface area contributed by atoms with Crippen molar-refractivity contribution >= 4 is 109 Å². The predicted octanol–water partition coefficient (Wildman–Crippen LogP) is 14.8. The van der Waals surface area contributed by atoms with Crippen LogP contribution in [0.4, 0.5) is 0 Å². The molecular formula is C56H32N4O. The van der Waals surface area contributed by atoms with Gasteiger partial charge in [0.15, 0.2) is 5.82 Å². The second-order valence-electron chi connectivity index (χ2n) is 16.0. The number of benzene rings is 10. The number of hydrogen-bond donors (Lipinski definition) is 0. The van der Waals surface area contributed by atoms with Crippen LogP contribution in [-0.2, 0) is 0 Å². The molecule has 0 radical (unpaired) electrons. The number of rotatable bonds is 3. The molecule has 0 unspecified atom stereocenters. The number of aromatic nitrogens is 4. The molecule has 282 valence electrons. The summed E-state index contributed by atoms with van der Waals surface area (Å²) < 4.78 is 11.1. The van der Waals surface area contributed by atoms with Crippen molar-refractivity contribution in [3.63, 3.8) is 0 Å². The van der Waals surface area contributed by atoms with Crippen molar-refractivity contribution in [2.75, 3.05) is 0 Å². The van der Waals surface area contributed by atoms with Crippen molar-refractivity contribution < 1.29 is 4.42 Å². The van der Waals surface area contributed by atoms with Crippen LogP contribution >= 0.6 is 0 Å². The van der Waals surface area contributed by atoms with E-state index >= 15 is 0 Å². The van der Waals surface area contributed by atoms with E-state index in [9.17, 15) is 0 Å². The molecule has 5 nitrogen and oxygen atoms in total. The fourth-order valence-electron chi connectivity index (χ4n) is 10.4. The Kier molecular flexibility index (Phi) is 6.49. The van der Waals surface area contributed by atoms with E-state index in [1.807, 2.05) is 18.2 Å². The molecule has 0 saturated heterocycles. The Morgan fingerprint density at radius 3 is 1.57 bits per heavy atom. The third kappa shape index (κ3) is 4.39. The summed E-state index contributed by atoms with van der Waals surface area (Å²) in [6.07, 6.45) is 0. The minimum Gasteiger partial charge on any atom is -0.456 e. The standard InChI is InChI=1S/C56H32N4O/c1-2-16-34(17-3-1)59-45-27-13-9-24-41(45)50-52-49(36-19-4-6-21-38(36)53(50)59)37-20-5-7-22-39(37)54-51(52)42-25-10-14-28-46(42)60(54)56-40-23-8-12-26-44(40)57-55(58-56)33-30-31-48-43(32-33)35-18-11-15-29-47(35)61-48/h1-32H. The molecular weight excluding hydrogens is 745 g/mol. The van der Waals surface area contributed by atoms with E-state index in [4.69, 9.17) is 14.4 Å². The van der Waals surface area contributed by atoms with Crippen molar-refractivity contribution in [1.29, 1.82) is 0 Å². The van der Waals surface area contributed by atoms with E-state index in [-0.39, 0.29) is 0 Å². The zero-order valence-corrected chi connectivity index (χ0v) is 32.7. The smallest absolute Gasteiger partial charge is 0.162 e. The SMILES string of the molecule is c1ccc(-n2c3ccccc3c3c4c(c5ccccc5c32)c2ccccc2c2c4c3ccccc3n2-c2nc(-c3ccc4oc5ccccc5c4c3)nc3ccccc23)cc1. The lowest BCUT2D eigenvalue weighted by Gasteiger charge is -2.17. The summed E-state index contributed by atoms with van der Waals surface area (Å²) in [4.78, 5) is 10.8. The lowest BCUT2D eigenvalue weighted by atomic mass is 9.89. The molecule has 0 aliphatic rings. The van der Waals surface area contributed by atoms with Gasteiger partial charge in [-0.25, -0.2) is 9.97 Å². The second-order valence-corrected chi connectivity index (χ2v) is 16.0. The zero-order valence-electron chi connectivity index (χ0n) is 32.7. The molecule has 0 amide bonds. The molecule has 5 heteroatoms. The maximum atomic E-state index is 6.23. The minimum atomic E-state index is 0.663. The molecule has 4 aromatic heterocycles. The third-order valence-corrected chi connectivity index (χ3v) is 12.8. The maximum Gasteiger partial charge on any atom is 0.162 e. The fourth-order valence-corrected chi connectivity index (χ4v) is 10.4. The van der Waals surface area contributed by atoms with Gasteiger partial charge in [-0.2, -0.15) is 0 Å². The van der Waals surface area contributed by atoms with Gasteiger partial charge in [0.1, 0.15) is 17.0 Å². The highest BCUT2D eigenvalue weighted by Crippen LogP contribution is 2.50. The van der Waals surface area contributed by atoms with Crippen LogP contribution in [0.2, 0.25) is 0 Å². The van der Waals surface area contributed by atoms with Crippen LogP contribution < -0.4 is 0 Å². The monoisotopic (exact) mass is 776 g/mol. The number of para-hydroxylation sites is 5. The summed E-state index contributed by atoms with van der Waals surface area (Å²) in [7, 11) is 0. The molecule has 0 N–H and O–H groups in total. The van der Waals surface area contributed by atoms with E-state index in [2.05, 4.69) is 185 Å². The van der Waals surface area contributed by atoms with Gasteiger partial charge in [-0.3, -0.25) is 4.57 Å². The number of furan rings is 1. The molecule has 0 aliphatic carbocycles. The van der Waals surface area contributed by atoms with E-state index in [0.29, 0.717) is 5.82 Å². The first-order chi connectivity index (χ1) is 30.3. The highest BCUT2D eigenvalue weighted by Gasteiger charge is 2.27. The first kappa shape index (κ1) is 32.7. The van der Waals surface area contributed by atoms with Crippen molar-refractivity contribution in [1.82, 2.24) is 19.1 Å². The van der Waals surface area contributed by atoms with Crippen molar-refractivity contribution in [3.05, 3.63) is 194 Å². The molecule has 0 saturated carbocycles. The van der Waals surface area contributed by atoms with Gasteiger partial charge in [0.25, 0.3) is 0 Å². The van der Waals surface area contributed by atoms with Crippen molar-refractivity contribution in [3.8, 4) is 22.9 Å². The molecule has 14 rings (SSSR count). The Labute approximate surface area is 347 Å². The molecule has 0 aliphatic heterocycles. The van der Waals surface area contributed by atoms with Crippen LogP contribution in [0.15, 0.2) is 199 Å². The lowest BCUT2D eigenvalue weighted by Crippen LogP contribution is -2.03. The van der Waals surface area contributed by atoms with Gasteiger partial charge in [-0.15, -0.1) is 0 Å². The first-order valence-electron chi connectivity index (χ1n) is 20.8. The molecule has 0 fully saturated rings. The Morgan fingerprint density at radius 1 is 0.344 bits per heavy atom. The fraction of sp³-hybridized carbons (Fsp3) is 0. The van der Waals surface area contributed by atoms with E-state index in [1.54, 1.807) is 0 Å². The Hall–Kier alpha value is -8.28. The van der Waals surface area contributed by atoms with Gasteiger partial charge in [0, 0.05) is 65.1 Å². The van der Waals surface area contributed by atoms with E-state index in [1.165, 1.54) is 64.9 Å². The molecule has 10 aromatic carbocycles. The second kappa shape index (κ2) is 12.1. The van der Waals surface area contributed by atoms with E-state index < -0.39 is 0 Å². The van der Waals surface area contributed by atoms with Gasteiger partial charge in [-0.05, 0) is 76.8 Å². The summed E-state index contributed by atoms with van der Waals surface area (Å²) in [5, 5.41) is 15.3. The average molecular weight is 777 g/mol. The zero-order chi connectivity index (χ0) is 39.8. The minimum absolute atomic E-state index is 0.663. The van der Waals surface area contributed by atoms with Crippen LogP contribution in [0, 0.1) is 0 Å². The van der Waals surface area contributed by atoms with Crippen LogP contribution in [0.3, 0.4) is 0 Å². The first-order valence-corrected chi connectivity index (χ1v) is 20.8. The summed E-state index contributed by atoms with van der Waals surface area (Å²) in [6.45, 7) is 0. The van der Waals surface area contributed by atoms with Gasteiger partial charge in [-0.1, -0.05) is 133 Å². The maximum absolute atomic E-state index is 6.23. The van der Waals surface area contributed by atoms with Crippen LogP contribution in [0.25, 0.3) is 132 Å². The largest absolute Gasteiger partial charge is 0.456 e. The predicted molar refractivity (Wildman–Crippen MR) is 253 cm³/mol. The molecule has 0 atom stereocenters. The van der Waals surface area contributed by atoms with Crippen LogP contribution in [0.5, 0.6) is 0 Å². The highest BCUT2D eigenvalue weighted by molar-refractivity contribution is 6.45.